The van der Waals surface area contributed by atoms with Crippen LogP contribution >= 0.6 is 7.37 Å². The summed E-state index contributed by atoms with van der Waals surface area (Å²) in [5.74, 6) is 1.73. The molecular formula is C9H10NO2P. The molecule has 0 saturated heterocycles. The van der Waals surface area contributed by atoms with Gasteiger partial charge in [-0.2, -0.15) is 5.26 Å². The van der Waals surface area contributed by atoms with Gasteiger partial charge in [-0.25, -0.2) is 0 Å². The SMILES string of the molecule is CCOP(=O)(C#N)c1ccccc1. The second kappa shape index (κ2) is 4.23. The van der Waals surface area contributed by atoms with Crippen molar-refractivity contribution in [1.82, 2.24) is 0 Å². The van der Waals surface area contributed by atoms with Gasteiger partial charge in [0.2, 0.25) is 0 Å². The van der Waals surface area contributed by atoms with Crippen LogP contribution in [0.15, 0.2) is 30.3 Å². The van der Waals surface area contributed by atoms with Crippen LogP contribution in [0.5, 0.6) is 0 Å². The topological polar surface area (TPSA) is 50.1 Å². The van der Waals surface area contributed by atoms with Crippen LogP contribution in [-0.4, -0.2) is 6.61 Å². The quantitative estimate of drug-likeness (QED) is 0.694. The van der Waals surface area contributed by atoms with Crippen LogP contribution in [0.1, 0.15) is 6.92 Å². The lowest BCUT2D eigenvalue weighted by atomic mass is 10.4. The molecule has 1 aromatic rings. The molecule has 0 spiro atoms. The molecule has 1 unspecified atom stereocenters. The van der Waals surface area contributed by atoms with E-state index in [-0.39, 0.29) is 6.61 Å². The third-order valence-electron chi connectivity index (χ3n) is 1.54. The van der Waals surface area contributed by atoms with Crippen molar-refractivity contribution in [3.05, 3.63) is 30.3 Å². The van der Waals surface area contributed by atoms with Gasteiger partial charge >= 0.3 is 7.37 Å². The standard InChI is InChI=1S/C9H10NO2P/c1-2-12-13(11,8-10)9-6-4-3-5-7-9/h3-7H,2H2,1H3. The molecule has 0 aliphatic carbocycles. The predicted octanol–water partition coefficient (Wildman–Crippen LogP) is 2.11. The van der Waals surface area contributed by atoms with E-state index in [9.17, 15) is 4.57 Å². The summed E-state index contributed by atoms with van der Waals surface area (Å²) in [6.45, 7) is 1.99. The number of nitriles is 1. The fraction of sp³-hybridized carbons (Fsp3) is 0.222. The number of hydrogen-bond donors (Lipinski definition) is 0. The molecule has 1 aromatic carbocycles. The fourth-order valence-corrected chi connectivity index (χ4v) is 2.22. The molecule has 3 nitrogen and oxygen atoms in total. The molecule has 0 N–H and O–H groups in total. The normalized spacial score (nSPS) is 14.5. The Morgan fingerprint density at radius 2 is 2.08 bits per heavy atom. The van der Waals surface area contributed by atoms with Gasteiger partial charge in [-0.15, -0.1) is 0 Å². The lowest BCUT2D eigenvalue weighted by Crippen LogP contribution is -2.05. The monoisotopic (exact) mass is 195 g/mol. The van der Waals surface area contributed by atoms with Crippen molar-refractivity contribution in [2.75, 3.05) is 6.61 Å². The fourth-order valence-electron chi connectivity index (χ4n) is 0.967. The number of rotatable bonds is 3. The molecule has 0 saturated carbocycles. The first-order valence-corrected chi connectivity index (χ1v) is 5.57. The summed E-state index contributed by atoms with van der Waals surface area (Å²) in [6, 6.07) is 8.55. The molecule has 0 fully saturated rings. The molecule has 68 valence electrons. The minimum atomic E-state index is -3.25. The molecule has 0 aliphatic heterocycles. The van der Waals surface area contributed by atoms with Crippen LogP contribution in [0.2, 0.25) is 0 Å². The van der Waals surface area contributed by atoms with Gasteiger partial charge in [-0.3, -0.25) is 4.57 Å². The average molecular weight is 195 g/mol. The minimum absolute atomic E-state index is 0.278. The van der Waals surface area contributed by atoms with E-state index < -0.39 is 7.37 Å². The summed E-state index contributed by atoms with van der Waals surface area (Å²) in [4.78, 5) is 0. The zero-order chi connectivity index (χ0) is 9.73. The largest absolute Gasteiger partial charge is 0.328 e. The van der Waals surface area contributed by atoms with Crippen LogP contribution in [0.25, 0.3) is 0 Å². The lowest BCUT2D eigenvalue weighted by molar-refractivity contribution is 0.348. The molecular weight excluding hydrogens is 185 g/mol. The van der Waals surface area contributed by atoms with Gasteiger partial charge in [-0.1, -0.05) is 18.2 Å². The highest BCUT2D eigenvalue weighted by atomic mass is 31.2. The van der Waals surface area contributed by atoms with Crippen molar-refractivity contribution in [2.45, 2.75) is 6.92 Å². The van der Waals surface area contributed by atoms with E-state index in [1.54, 1.807) is 43.1 Å². The summed E-state index contributed by atoms with van der Waals surface area (Å²) in [5, 5.41) is 9.19. The summed E-state index contributed by atoms with van der Waals surface area (Å²) in [5.41, 5.74) is 0. The predicted molar refractivity (Wildman–Crippen MR) is 50.9 cm³/mol. The molecule has 0 heterocycles. The summed E-state index contributed by atoms with van der Waals surface area (Å²) in [6.07, 6.45) is 0. The van der Waals surface area contributed by atoms with Crippen molar-refractivity contribution in [3.8, 4) is 5.81 Å². The van der Waals surface area contributed by atoms with Crippen LogP contribution in [0.3, 0.4) is 0 Å². The van der Waals surface area contributed by atoms with Crippen molar-refractivity contribution in [3.63, 3.8) is 0 Å². The van der Waals surface area contributed by atoms with Gasteiger partial charge in [0.25, 0.3) is 0 Å². The maximum absolute atomic E-state index is 11.8. The van der Waals surface area contributed by atoms with E-state index >= 15 is 0 Å². The smallest absolute Gasteiger partial charge is 0.315 e. The van der Waals surface area contributed by atoms with Gasteiger partial charge < -0.3 is 4.52 Å². The van der Waals surface area contributed by atoms with Crippen molar-refractivity contribution >= 4 is 12.7 Å². The Morgan fingerprint density at radius 1 is 1.46 bits per heavy atom. The highest BCUT2D eigenvalue weighted by Gasteiger charge is 2.24. The molecule has 0 radical (unpaired) electrons. The minimum Gasteiger partial charge on any atom is -0.315 e. The van der Waals surface area contributed by atoms with Crippen LogP contribution in [-0.2, 0) is 9.09 Å². The lowest BCUT2D eigenvalue weighted by Gasteiger charge is -2.08. The molecule has 0 aromatic heterocycles. The number of hydrogen-bond acceptors (Lipinski definition) is 3. The molecule has 0 aliphatic rings. The van der Waals surface area contributed by atoms with Gasteiger partial charge in [-0.05, 0) is 19.1 Å². The van der Waals surface area contributed by atoms with Gasteiger partial charge in [0.1, 0.15) is 0 Å². The molecule has 4 heteroatoms. The Labute approximate surface area is 77.4 Å². The van der Waals surface area contributed by atoms with Crippen molar-refractivity contribution in [1.29, 1.82) is 5.26 Å². The second-order valence-electron chi connectivity index (χ2n) is 2.40. The molecule has 13 heavy (non-hydrogen) atoms. The maximum atomic E-state index is 11.8. The summed E-state index contributed by atoms with van der Waals surface area (Å²) >= 11 is 0. The Bertz CT molecular complexity index is 356. The van der Waals surface area contributed by atoms with E-state index in [0.717, 1.165) is 0 Å². The molecule has 1 rings (SSSR count). The third-order valence-corrected chi connectivity index (χ3v) is 3.40. The van der Waals surface area contributed by atoms with Crippen LogP contribution < -0.4 is 5.30 Å². The van der Waals surface area contributed by atoms with Crippen molar-refractivity contribution in [2.24, 2.45) is 0 Å². The first-order chi connectivity index (χ1) is 6.23. The molecule has 1 atom stereocenters. The molecule has 0 bridgehead atoms. The van der Waals surface area contributed by atoms with E-state index in [4.69, 9.17) is 9.79 Å². The maximum Gasteiger partial charge on any atom is 0.328 e. The van der Waals surface area contributed by atoms with E-state index in [0.29, 0.717) is 5.30 Å². The van der Waals surface area contributed by atoms with Crippen molar-refractivity contribution < 1.29 is 9.09 Å². The van der Waals surface area contributed by atoms with Gasteiger partial charge in [0.05, 0.1) is 11.9 Å². The zero-order valence-corrected chi connectivity index (χ0v) is 8.20. The highest BCUT2D eigenvalue weighted by Crippen LogP contribution is 2.43. The zero-order valence-electron chi connectivity index (χ0n) is 7.30. The van der Waals surface area contributed by atoms with Gasteiger partial charge in [0, 0.05) is 0 Å². The second-order valence-corrected chi connectivity index (χ2v) is 4.48. The Balaban J connectivity index is 3.06. The van der Waals surface area contributed by atoms with E-state index in [1.807, 2.05) is 0 Å². The first kappa shape index (κ1) is 9.98. The Kier molecular flexibility index (Phi) is 3.25. The van der Waals surface area contributed by atoms with E-state index in [1.165, 1.54) is 0 Å². The van der Waals surface area contributed by atoms with Crippen LogP contribution in [0, 0.1) is 11.1 Å². The Morgan fingerprint density at radius 3 is 2.54 bits per heavy atom. The summed E-state index contributed by atoms with van der Waals surface area (Å²) < 4.78 is 16.8. The van der Waals surface area contributed by atoms with E-state index in [2.05, 4.69) is 0 Å². The van der Waals surface area contributed by atoms with Crippen LogP contribution in [0.4, 0.5) is 0 Å². The van der Waals surface area contributed by atoms with Gasteiger partial charge in [0.15, 0.2) is 5.81 Å². The number of benzene rings is 1. The number of nitrogens with zero attached hydrogens (tertiary/aromatic N) is 1. The average Bonchev–Trinajstić information content (AvgIpc) is 2.19. The first-order valence-electron chi connectivity index (χ1n) is 3.94. The molecule has 0 amide bonds. The Hall–Kier alpha value is -1.10. The third kappa shape index (κ3) is 2.18. The summed E-state index contributed by atoms with van der Waals surface area (Å²) in [7, 11) is -3.25. The highest BCUT2D eigenvalue weighted by molar-refractivity contribution is 7.71.